The van der Waals surface area contributed by atoms with Crippen molar-refractivity contribution in [2.75, 3.05) is 26.2 Å². The summed E-state index contributed by atoms with van der Waals surface area (Å²) in [6, 6.07) is 3.42. The van der Waals surface area contributed by atoms with E-state index in [0.717, 1.165) is 38.2 Å². The first-order chi connectivity index (χ1) is 9.13. The van der Waals surface area contributed by atoms with Crippen molar-refractivity contribution in [3.63, 3.8) is 0 Å². The van der Waals surface area contributed by atoms with Crippen LogP contribution in [-0.2, 0) is 0 Å². The van der Waals surface area contributed by atoms with Crippen LogP contribution >= 0.6 is 23.2 Å². The van der Waals surface area contributed by atoms with Gasteiger partial charge in [0.2, 0.25) is 0 Å². The maximum absolute atomic E-state index is 10.2. The van der Waals surface area contributed by atoms with E-state index >= 15 is 0 Å². The van der Waals surface area contributed by atoms with Gasteiger partial charge in [-0.25, -0.2) is 0 Å². The first kappa shape index (κ1) is 14.7. The summed E-state index contributed by atoms with van der Waals surface area (Å²) in [6.07, 6.45) is 2.62. The largest absolute Gasteiger partial charge is 0.506 e. The molecular formula is C14H18Cl2N2O. The maximum atomic E-state index is 10.2. The molecule has 1 aliphatic rings. The Bertz CT molecular complexity index is 459. The van der Waals surface area contributed by atoms with Crippen molar-refractivity contribution in [3.05, 3.63) is 40.4 Å². The van der Waals surface area contributed by atoms with Crippen LogP contribution in [0.4, 0.5) is 0 Å². The number of rotatable bonds is 4. The van der Waals surface area contributed by atoms with Crippen molar-refractivity contribution in [2.45, 2.75) is 12.5 Å². The number of benzene rings is 1. The lowest BCUT2D eigenvalue weighted by molar-refractivity contribution is 0.172. The van der Waals surface area contributed by atoms with Gasteiger partial charge in [0.15, 0.2) is 0 Å². The van der Waals surface area contributed by atoms with E-state index in [1.807, 2.05) is 6.08 Å². The quantitative estimate of drug-likeness (QED) is 0.838. The molecule has 1 aliphatic heterocycles. The molecule has 1 fully saturated rings. The molecule has 0 unspecified atom stereocenters. The van der Waals surface area contributed by atoms with Gasteiger partial charge in [-0.05, 0) is 18.6 Å². The Balaban J connectivity index is 2.34. The fourth-order valence-corrected chi connectivity index (χ4v) is 2.97. The van der Waals surface area contributed by atoms with Gasteiger partial charge in [-0.2, -0.15) is 0 Å². The molecule has 0 aromatic heterocycles. The number of aromatic hydroxyl groups is 1. The normalized spacial score (nSPS) is 18.2. The molecule has 0 radical (unpaired) electrons. The van der Waals surface area contributed by atoms with Gasteiger partial charge in [0.05, 0.1) is 5.02 Å². The first-order valence-electron chi connectivity index (χ1n) is 6.37. The van der Waals surface area contributed by atoms with Crippen molar-refractivity contribution in [3.8, 4) is 5.75 Å². The number of piperazine rings is 1. The van der Waals surface area contributed by atoms with Crippen molar-refractivity contribution in [1.82, 2.24) is 10.2 Å². The van der Waals surface area contributed by atoms with Gasteiger partial charge in [-0.15, -0.1) is 6.58 Å². The van der Waals surface area contributed by atoms with E-state index in [1.54, 1.807) is 12.1 Å². The van der Waals surface area contributed by atoms with Crippen LogP contribution in [0.1, 0.15) is 18.0 Å². The molecule has 5 heteroatoms. The molecule has 2 N–H and O–H groups in total. The molecular weight excluding hydrogens is 283 g/mol. The second kappa shape index (κ2) is 6.62. The SMILES string of the molecule is C=CC[C@H](c1cc(Cl)cc(Cl)c1O)N1CCNCC1. The third kappa shape index (κ3) is 3.42. The van der Waals surface area contributed by atoms with Gasteiger partial charge in [0.25, 0.3) is 0 Å². The average molecular weight is 301 g/mol. The van der Waals surface area contributed by atoms with Gasteiger partial charge >= 0.3 is 0 Å². The number of hydrogen-bond acceptors (Lipinski definition) is 3. The van der Waals surface area contributed by atoms with Gasteiger partial charge in [0.1, 0.15) is 5.75 Å². The van der Waals surface area contributed by atoms with Crippen molar-refractivity contribution in [1.29, 1.82) is 0 Å². The zero-order chi connectivity index (χ0) is 13.8. The topological polar surface area (TPSA) is 35.5 Å². The molecule has 0 amide bonds. The van der Waals surface area contributed by atoms with Gasteiger partial charge in [0, 0.05) is 42.8 Å². The second-order valence-corrected chi connectivity index (χ2v) is 5.50. The summed E-state index contributed by atoms with van der Waals surface area (Å²) in [7, 11) is 0. The smallest absolute Gasteiger partial charge is 0.139 e. The van der Waals surface area contributed by atoms with Crippen LogP contribution in [0, 0.1) is 0 Å². The molecule has 19 heavy (non-hydrogen) atoms. The zero-order valence-electron chi connectivity index (χ0n) is 10.7. The summed E-state index contributed by atoms with van der Waals surface area (Å²) in [4.78, 5) is 2.32. The molecule has 1 saturated heterocycles. The second-order valence-electron chi connectivity index (χ2n) is 4.65. The lowest BCUT2D eigenvalue weighted by Gasteiger charge is -2.35. The highest BCUT2D eigenvalue weighted by molar-refractivity contribution is 6.35. The summed E-state index contributed by atoms with van der Waals surface area (Å²) < 4.78 is 0. The Morgan fingerprint density at radius 3 is 2.68 bits per heavy atom. The Morgan fingerprint density at radius 2 is 2.05 bits per heavy atom. The number of phenolic OH excluding ortho intramolecular Hbond substituents is 1. The number of phenols is 1. The fourth-order valence-electron chi connectivity index (χ4n) is 2.46. The predicted octanol–water partition coefficient (Wildman–Crippen LogP) is 3.22. The third-order valence-electron chi connectivity index (χ3n) is 3.40. The van der Waals surface area contributed by atoms with E-state index in [-0.39, 0.29) is 11.8 Å². The molecule has 1 atom stereocenters. The predicted molar refractivity (Wildman–Crippen MR) is 80.1 cm³/mol. The van der Waals surface area contributed by atoms with E-state index in [0.29, 0.717) is 10.0 Å². The fraction of sp³-hybridized carbons (Fsp3) is 0.429. The minimum absolute atomic E-state index is 0.0656. The Labute approximate surface area is 123 Å². The van der Waals surface area contributed by atoms with E-state index in [4.69, 9.17) is 23.2 Å². The molecule has 1 aromatic rings. The van der Waals surface area contributed by atoms with Crippen LogP contribution in [0.5, 0.6) is 5.75 Å². The third-order valence-corrected chi connectivity index (χ3v) is 3.91. The lowest BCUT2D eigenvalue weighted by atomic mass is 10.00. The van der Waals surface area contributed by atoms with E-state index in [2.05, 4.69) is 16.8 Å². The van der Waals surface area contributed by atoms with Crippen molar-refractivity contribution >= 4 is 23.2 Å². The molecule has 1 aromatic carbocycles. The van der Waals surface area contributed by atoms with E-state index < -0.39 is 0 Å². The van der Waals surface area contributed by atoms with Crippen LogP contribution in [-0.4, -0.2) is 36.2 Å². The Hall–Kier alpha value is -0.740. The van der Waals surface area contributed by atoms with Crippen molar-refractivity contribution in [2.24, 2.45) is 0 Å². The highest BCUT2D eigenvalue weighted by Gasteiger charge is 2.24. The monoisotopic (exact) mass is 300 g/mol. The molecule has 3 nitrogen and oxygen atoms in total. The van der Waals surface area contributed by atoms with Crippen LogP contribution in [0.2, 0.25) is 10.0 Å². The molecule has 2 rings (SSSR count). The minimum atomic E-state index is 0.0656. The summed E-state index contributed by atoms with van der Waals surface area (Å²) in [5, 5.41) is 14.3. The summed E-state index contributed by atoms with van der Waals surface area (Å²) in [5.74, 6) is 0.122. The molecule has 0 aliphatic carbocycles. The highest BCUT2D eigenvalue weighted by Crippen LogP contribution is 2.38. The maximum Gasteiger partial charge on any atom is 0.139 e. The van der Waals surface area contributed by atoms with Crippen LogP contribution in [0.25, 0.3) is 0 Å². The molecule has 104 valence electrons. The molecule has 0 spiro atoms. The number of nitrogens with zero attached hydrogens (tertiary/aromatic N) is 1. The molecule has 0 saturated carbocycles. The number of halogens is 2. The van der Waals surface area contributed by atoms with E-state index in [9.17, 15) is 5.11 Å². The number of nitrogens with one attached hydrogen (secondary N) is 1. The zero-order valence-corrected chi connectivity index (χ0v) is 12.2. The molecule has 1 heterocycles. The minimum Gasteiger partial charge on any atom is -0.506 e. The van der Waals surface area contributed by atoms with E-state index in [1.165, 1.54) is 0 Å². The summed E-state index contributed by atoms with van der Waals surface area (Å²) >= 11 is 12.1. The van der Waals surface area contributed by atoms with Gasteiger partial charge < -0.3 is 10.4 Å². The average Bonchev–Trinajstić information content (AvgIpc) is 2.41. The van der Waals surface area contributed by atoms with Gasteiger partial charge in [-0.3, -0.25) is 4.90 Å². The van der Waals surface area contributed by atoms with Crippen molar-refractivity contribution < 1.29 is 5.11 Å². The van der Waals surface area contributed by atoms with Crippen LogP contribution in [0.15, 0.2) is 24.8 Å². The van der Waals surface area contributed by atoms with Crippen LogP contribution < -0.4 is 5.32 Å². The lowest BCUT2D eigenvalue weighted by Crippen LogP contribution is -2.45. The summed E-state index contributed by atoms with van der Waals surface area (Å²) in [6.45, 7) is 7.56. The summed E-state index contributed by atoms with van der Waals surface area (Å²) in [5.41, 5.74) is 0.777. The first-order valence-corrected chi connectivity index (χ1v) is 7.12. The standard InChI is InChI=1S/C14H18Cl2N2O/c1-2-3-13(18-6-4-17-5-7-18)11-8-10(15)9-12(16)14(11)19/h2,8-9,13,17,19H,1,3-7H2/t13-/m1/s1. The highest BCUT2D eigenvalue weighted by atomic mass is 35.5. The Morgan fingerprint density at radius 1 is 1.37 bits per heavy atom. The number of hydrogen-bond donors (Lipinski definition) is 2. The molecule has 0 bridgehead atoms. The Kier molecular flexibility index (Phi) is 5.11. The van der Waals surface area contributed by atoms with Gasteiger partial charge in [-0.1, -0.05) is 29.3 Å². The van der Waals surface area contributed by atoms with Crippen LogP contribution in [0.3, 0.4) is 0 Å².